The van der Waals surface area contributed by atoms with Crippen molar-refractivity contribution in [3.05, 3.63) is 59.9 Å². The molecular weight excluding hydrogens is 289 g/mol. The number of nitrogens with one attached hydrogen (secondary N) is 1. The Balaban J connectivity index is 1.85. The normalized spacial score (nSPS) is 11.9. The molecule has 0 aliphatic heterocycles. The second-order valence-corrected chi connectivity index (χ2v) is 5.68. The maximum atomic E-state index is 12.8. The number of carbonyl (C=O) groups excluding carboxylic acids is 1. The molecule has 0 aliphatic rings. The molecule has 2 aromatic rings. The molecule has 0 aromatic heterocycles. The largest absolute Gasteiger partial charge is 0.508 e. The second kappa shape index (κ2) is 7.13. The quantitative estimate of drug-likeness (QED) is 0.831. The van der Waals surface area contributed by atoms with Gasteiger partial charge in [-0.2, -0.15) is 0 Å². The Bertz CT molecular complexity index is 616. The highest BCUT2D eigenvalue weighted by Crippen LogP contribution is 2.22. The number of phenols is 1. The zero-order valence-electron chi connectivity index (χ0n) is 11.5. The molecule has 3 nitrogen and oxygen atoms in total. The van der Waals surface area contributed by atoms with Crippen molar-refractivity contribution in [1.29, 1.82) is 0 Å². The van der Waals surface area contributed by atoms with E-state index >= 15 is 0 Å². The third kappa shape index (κ3) is 4.79. The Labute approximate surface area is 127 Å². The zero-order chi connectivity index (χ0) is 15.2. The summed E-state index contributed by atoms with van der Waals surface area (Å²) in [7, 11) is 0. The van der Waals surface area contributed by atoms with Gasteiger partial charge < -0.3 is 10.4 Å². The van der Waals surface area contributed by atoms with Crippen molar-refractivity contribution >= 4 is 17.7 Å². The molecule has 5 heteroatoms. The van der Waals surface area contributed by atoms with E-state index in [4.69, 9.17) is 0 Å². The second-order valence-electron chi connectivity index (χ2n) is 4.63. The van der Waals surface area contributed by atoms with E-state index in [1.54, 1.807) is 30.3 Å². The van der Waals surface area contributed by atoms with E-state index in [1.165, 1.54) is 23.9 Å². The van der Waals surface area contributed by atoms with E-state index in [0.29, 0.717) is 0 Å². The van der Waals surface area contributed by atoms with Gasteiger partial charge in [0.25, 0.3) is 0 Å². The van der Waals surface area contributed by atoms with E-state index in [0.717, 1.165) is 10.5 Å². The lowest BCUT2D eigenvalue weighted by Crippen LogP contribution is -2.28. The lowest BCUT2D eigenvalue weighted by atomic mass is 10.1. The minimum atomic E-state index is -0.295. The van der Waals surface area contributed by atoms with E-state index in [-0.39, 0.29) is 29.3 Å². The van der Waals surface area contributed by atoms with Crippen LogP contribution in [0.3, 0.4) is 0 Å². The molecule has 1 unspecified atom stereocenters. The Morgan fingerprint density at radius 3 is 2.67 bits per heavy atom. The number of aromatic hydroxyl groups is 1. The molecule has 2 N–H and O–H groups in total. The van der Waals surface area contributed by atoms with Crippen LogP contribution in [0.2, 0.25) is 0 Å². The van der Waals surface area contributed by atoms with Gasteiger partial charge in [0.15, 0.2) is 0 Å². The fourth-order valence-corrected chi connectivity index (χ4v) is 2.60. The van der Waals surface area contributed by atoms with Gasteiger partial charge in [-0.15, -0.1) is 11.8 Å². The van der Waals surface area contributed by atoms with Gasteiger partial charge in [-0.1, -0.05) is 18.2 Å². The Morgan fingerprint density at radius 2 is 2.00 bits per heavy atom. The van der Waals surface area contributed by atoms with E-state index in [9.17, 15) is 14.3 Å². The summed E-state index contributed by atoms with van der Waals surface area (Å²) in [4.78, 5) is 12.7. The van der Waals surface area contributed by atoms with Crippen molar-refractivity contribution in [3.63, 3.8) is 0 Å². The maximum Gasteiger partial charge on any atom is 0.230 e. The molecule has 21 heavy (non-hydrogen) atoms. The van der Waals surface area contributed by atoms with Gasteiger partial charge in [0.05, 0.1) is 11.8 Å². The summed E-state index contributed by atoms with van der Waals surface area (Å²) in [6.45, 7) is 1.85. The molecule has 0 heterocycles. The van der Waals surface area contributed by atoms with E-state index in [1.807, 2.05) is 13.0 Å². The van der Waals surface area contributed by atoms with Crippen LogP contribution in [0, 0.1) is 5.82 Å². The molecule has 1 amide bonds. The number of benzene rings is 2. The summed E-state index contributed by atoms with van der Waals surface area (Å²) in [6, 6.07) is 12.6. The van der Waals surface area contributed by atoms with E-state index < -0.39 is 0 Å². The molecule has 0 spiro atoms. The van der Waals surface area contributed by atoms with Crippen LogP contribution < -0.4 is 5.32 Å². The molecule has 1 atom stereocenters. The molecule has 0 saturated carbocycles. The van der Waals surface area contributed by atoms with Crippen molar-refractivity contribution in [2.24, 2.45) is 0 Å². The third-order valence-electron chi connectivity index (χ3n) is 2.94. The van der Waals surface area contributed by atoms with Crippen molar-refractivity contribution in [2.45, 2.75) is 17.9 Å². The summed E-state index contributed by atoms with van der Waals surface area (Å²) in [5.74, 6) is 0.0339. The smallest absolute Gasteiger partial charge is 0.230 e. The first-order chi connectivity index (χ1) is 10.0. The van der Waals surface area contributed by atoms with Gasteiger partial charge in [-0.05, 0) is 42.8 Å². The Hall–Kier alpha value is -2.01. The number of hydrogen-bond donors (Lipinski definition) is 2. The summed E-state index contributed by atoms with van der Waals surface area (Å²) in [6.07, 6.45) is 0. The van der Waals surface area contributed by atoms with Crippen molar-refractivity contribution in [3.8, 4) is 5.75 Å². The summed E-state index contributed by atoms with van der Waals surface area (Å²) < 4.78 is 12.8. The molecule has 110 valence electrons. The van der Waals surface area contributed by atoms with Crippen LogP contribution >= 0.6 is 11.8 Å². The lowest BCUT2D eigenvalue weighted by Gasteiger charge is -2.14. The topological polar surface area (TPSA) is 49.3 Å². The average Bonchev–Trinajstić information content (AvgIpc) is 2.46. The van der Waals surface area contributed by atoms with Crippen molar-refractivity contribution < 1.29 is 14.3 Å². The summed E-state index contributed by atoms with van der Waals surface area (Å²) in [5, 5.41) is 12.2. The van der Waals surface area contributed by atoms with Gasteiger partial charge >= 0.3 is 0 Å². The fraction of sp³-hybridized carbons (Fsp3) is 0.188. The average molecular weight is 305 g/mol. The van der Waals surface area contributed by atoms with Gasteiger partial charge in [-0.3, -0.25) is 4.79 Å². The maximum absolute atomic E-state index is 12.8. The minimum Gasteiger partial charge on any atom is -0.508 e. The summed E-state index contributed by atoms with van der Waals surface area (Å²) in [5.41, 5.74) is 0.854. The number of hydrogen-bond acceptors (Lipinski definition) is 3. The Morgan fingerprint density at radius 1 is 1.29 bits per heavy atom. The Kier molecular flexibility index (Phi) is 5.22. The molecule has 0 fully saturated rings. The number of thioether (sulfide) groups is 1. The number of amides is 1. The van der Waals surface area contributed by atoms with Crippen LogP contribution in [0.1, 0.15) is 18.5 Å². The molecule has 2 aromatic carbocycles. The SMILES string of the molecule is CC(NC(=O)CSc1cccc(O)c1)c1ccc(F)cc1. The molecule has 0 aliphatic carbocycles. The van der Waals surface area contributed by atoms with Crippen LogP contribution in [-0.4, -0.2) is 16.8 Å². The number of phenolic OH excluding ortho intramolecular Hbond substituents is 1. The first-order valence-electron chi connectivity index (χ1n) is 6.51. The fourth-order valence-electron chi connectivity index (χ4n) is 1.84. The van der Waals surface area contributed by atoms with Gasteiger partial charge in [0.1, 0.15) is 11.6 Å². The standard InChI is InChI=1S/C16H16FNO2S/c1-11(12-5-7-13(17)8-6-12)18-16(20)10-21-15-4-2-3-14(19)9-15/h2-9,11,19H,10H2,1H3,(H,18,20). The molecule has 2 rings (SSSR count). The highest BCUT2D eigenvalue weighted by Gasteiger charge is 2.10. The first-order valence-corrected chi connectivity index (χ1v) is 7.50. The summed E-state index contributed by atoms with van der Waals surface area (Å²) >= 11 is 1.35. The van der Waals surface area contributed by atoms with Crippen molar-refractivity contribution in [2.75, 3.05) is 5.75 Å². The van der Waals surface area contributed by atoms with Crippen molar-refractivity contribution in [1.82, 2.24) is 5.32 Å². The van der Waals surface area contributed by atoms with E-state index in [2.05, 4.69) is 5.32 Å². The third-order valence-corrected chi connectivity index (χ3v) is 3.93. The molecule has 0 radical (unpaired) electrons. The highest BCUT2D eigenvalue weighted by molar-refractivity contribution is 8.00. The molecule has 0 saturated heterocycles. The van der Waals surface area contributed by atoms with Gasteiger partial charge in [-0.25, -0.2) is 4.39 Å². The first kappa shape index (κ1) is 15.4. The van der Waals surface area contributed by atoms with Crippen LogP contribution in [0.4, 0.5) is 4.39 Å². The van der Waals surface area contributed by atoms with Crippen LogP contribution in [0.25, 0.3) is 0 Å². The highest BCUT2D eigenvalue weighted by atomic mass is 32.2. The number of halogens is 1. The molecular formula is C16H16FNO2S. The predicted molar refractivity (Wildman–Crippen MR) is 81.8 cm³/mol. The number of rotatable bonds is 5. The van der Waals surface area contributed by atoms with Gasteiger partial charge in [0.2, 0.25) is 5.91 Å². The minimum absolute atomic E-state index is 0.111. The molecule has 0 bridgehead atoms. The van der Waals surface area contributed by atoms with Crippen LogP contribution in [-0.2, 0) is 4.79 Å². The predicted octanol–water partition coefficient (Wildman–Crippen LogP) is 3.50. The number of carbonyl (C=O) groups is 1. The van der Waals surface area contributed by atoms with Crippen LogP contribution in [0.15, 0.2) is 53.4 Å². The zero-order valence-corrected chi connectivity index (χ0v) is 12.4. The lowest BCUT2D eigenvalue weighted by molar-refractivity contribution is -0.119. The monoisotopic (exact) mass is 305 g/mol. The van der Waals surface area contributed by atoms with Gasteiger partial charge in [0, 0.05) is 4.90 Å². The van der Waals surface area contributed by atoms with Crippen LogP contribution in [0.5, 0.6) is 5.75 Å².